The van der Waals surface area contributed by atoms with Gasteiger partial charge in [0.1, 0.15) is 24.3 Å². The van der Waals surface area contributed by atoms with Gasteiger partial charge >= 0.3 is 34.5 Å². The standard InChI is InChI=1S/C26H23N3O.2ClH.Zn/c1-3-29(4-2)19-14-15-22-24(16-19)30-25-17-23(27-18-10-6-5-7-11-18)20-12-8-9-13-21(20)26(25)28-22;;;/h5-17H,3-4H2,1-2H3;2*1H;/q;;;+2/p-1. The van der Waals surface area contributed by atoms with Crippen molar-refractivity contribution in [2.24, 2.45) is 0 Å². The van der Waals surface area contributed by atoms with Gasteiger partial charge < -0.3 is 9.73 Å². The van der Waals surface area contributed by atoms with Gasteiger partial charge in [-0.1, -0.05) is 42.5 Å². The molecule has 0 saturated heterocycles. The molecule has 7 heteroatoms. The molecule has 0 unspecified atom stereocenters. The Morgan fingerprint density at radius 1 is 0.879 bits per heavy atom. The van der Waals surface area contributed by atoms with Crippen LogP contribution >= 0.6 is 19.4 Å². The number of nitrogens with one attached hydrogen (secondary N) is 1. The van der Waals surface area contributed by atoms with Crippen LogP contribution in [0.15, 0.2) is 83.3 Å². The van der Waals surface area contributed by atoms with Gasteiger partial charge in [-0.05, 0) is 32.0 Å². The van der Waals surface area contributed by atoms with Crippen LogP contribution in [0.1, 0.15) is 13.8 Å². The second-order valence-corrected chi connectivity index (χ2v) is 12.1. The molecule has 0 atom stereocenters. The van der Waals surface area contributed by atoms with Crippen molar-refractivity contribution >= 4 is 52.6 Å². The second kappa shape index (κ2) is 11.1. The van der Waals surface area contributed by atoms with Crippen LogP contribution in [-0.2, 0) is 15.1 Å². The van der Waals surface area contributed by atoms with Crippen LogP contribution in [0.2, 0.25) is 0 Å². The number of hydrogen-bond donors (Lipinski definition) is 1. The van der Waals surface area contributed by atoms with E-state index in [-0.39, 0.29) is 0 Å². The molecule has 1 N–H and O–H groups in total. The molecule has 0 fully saturated rings. The van der Waals surface area contributed by atoms with Gasteiger partial charge in [0.05, 0.1) is 11.8 Å². The molecule has 3 aromatic carbocycles. The zero-order valence-electron chi connectivity index (χ0n) is 18.7. The summed E-state index contributed by atoms with van der Waals surface area (Å²) in [5.41, 5.74) is 4.57. The first-order chi connectivity index (χ1) is 16.2. The monoisotopic (exact) mass is 528 g/mol. The number of hydrogen-bond acceptors (Lipinski definition) is 3. The van der Waals surface area contributed by atoms with Crippen molar-refractivity contribution in [3.63, 3.8) is 0 Å². The molecule has 33 heavy (non-hydrogen) atoms. The van der Waals surface area contributed by atoms with Gasteiger partial charge in [0, 0.05) is 28.6 Å². The first-order valence-electron chi connectivity index (χ1n) is 11.0. The third-order valence-corrected chi connectivity index (χ3v) is 5.56. The molecule has 0 saturated carbocycles. The first kappa shape index (κ1) is 23.7. The fourth-order valence-electron chi connectivity index (χ4n) is 4.01. The van der Waals surface area contributed by atoms with Crippen molar-refractivity contribution in [2.45, 2.75) is 13.8 Å². The number of para-hydroxylation sites is 1. The van der Waals surface area contributed by atoms with Gasteiger partial charge in [-0.25, -0.2) is 9.56 Å². The molecule has 0 aromatic heterocycles. The number of fused-ring (bicyclic) bond motifs is 4. The summed E-state index contributed by atoms with van der Waals surface area (Å²) in [5.74, 6) is 0.799. The maximum absolute atomic E-state index is 6.38. The second-order valence-electron chi connectivity index (χ2n) is 7.45. The Morgan fingerprint density at radius 3 is 2.24 bits per heavy atom. The van der Waals surface area contributed by atoms with Crippen molar-refractivity contribution < 1.29 is 19.6 Å². The maximum atomic E-state index is 6.38. The van der Waals surface area contributed by atoms with E-state index in [0.29, 0.717) is 0 Å². The van der Waals surface area contributed by atoms with Gasteiger partial charge in [0.2, 0.25) is 5.36 Å². The van der Waals surface area contributed by atoms with Crippen molar-refractivity contribution in [3.05, 3.63) is 84.2 Å². The van der Waals surface area contributed by atoms with Crippen LogP contribution in [0.25, 0.3) is 33.3 Å². The Labute approximate surface area is 208 Å². The van der Waals surface area contributed by atoms with E-state index in [1.807, 2.05) is 24.3 Å². The Balaban J connectivity index is 0.000000821. The van der Waals surface area contributed by atoms with E-state index in [1.165, 1.54) is 0 Å². The fourth-order valence-corrected chi connectivity index (χ4v) is 4.01. The molecule has 0 amide bonds. The predicted octanol–water partition coefficient (Wildman–Crippen LogP) is 7.02. The van der Waals surface area contributed by atoms with E-state index < -0.39 is 15.1 Å². The van der Waals surface area contributed by atoms with Crippen molar-refractivity contribution in [1.29, 1.82) is 0 Å². The summed E-state index contributed by atoms with van der Waals surface area (Å²) in [7, 11) is 9.90. The molecule has 0 bridgehead atoms. The summed E-state index contributed by atoms with van der Waals surface area (Å²) in [6.07, 6.45) is 0. The molecule has 2 aliphatic rings. The average Bonchev–Trinajstić information content (AvgIpc) is 2.85. The number of anilines is 2. The molecule has 4 nitrogen and oxygen atoms in total. The summed E-state index contributed by atoms with van der Waals surface area (Å²) in [4.78, 5) is 4.97. The molecular weight excluding hydrogens is 507 g/mol. The van der Waals surface area contributed by atoms with Crippen molar-refractivity contribution in [1.82, 2.24) is 9.56 Å². The third kappa shape index (κ3) is 5.22. The van der Waals surface area contributed by atoms with E-state index >= 15 is 0 Å². The summed E-state index contributed by atoms with van der Waals surface area (Å²) in [6.45, 7) is 6.24. The van der Waals surface area contributed by atoms with Gasteiger partial charge in [-0.2, -0.15) is 0 Å². The first-order valence-corrected chi connectivity index (χ1v) is 18.8. The molecule has 1 heterocycles. The Kier molecular flexibility index (Phi) is 7.98. The number of benzene rings is 4. The molecule has 0 radical (unpaired) electrons. The molecule has 1 aliphatic carbocycles. The molecule has 3 aromatic rings. The summed E-state index contributed by atoms with van der Waals surface area (Å²) in [6, 6.07) is 26.8. The minimum absolute atomic E-state index is 0.774. The van der Waals surface area contributed by atoms with E-state index in [2.05, 4.69) is 78.3 Å². The van der Waals surface area contributed by atoms with Gasteiger partial charge in [-0.15, -0.1) is 0 Å². The molecule has 164 valence electrons. The SMILES string of the molecule is CC[N+](CC)=c1ccc2nc3c(cc(Nc4ccccc4)c4ccccc43)oc-2c1.[Cl][Zn][Cl]. The molecular formula is C26H24Cl2N3OZn+. The van der Waals surface area contributed by atoms with E-state index in [4.69, 9.17) is 28.8 Å². The fraction of sp³-hybridized carbons (Fsp3) is 0.154. The van der Waals surface area contributed by atoms with Crippen molar-refractivity contribution in [3.8, 4) is 11.5 Å². The van der Waals surface area contributed by atoms with Gasteiger partial charge in [0.25, 0.3) is 0 Å². The third-order valence-electron chi connectivity index (χ3n) is 5.56. The zero-order chi connectivity index (χ0) is 23.2. The molecule has 1 aliphatic heterocycles. The van der Waals surface area contributed by atoms with Crippen LogP contribution in [0.4, 0.5) is 11.4 Å². The average molecular weight is 531 g/mol. The van der Waals surface area contributed by atoms with E-state index in [1.54, 1.807) is 0 Å². The van der Waals surface area contributed by atoms with Gasteiger partial charge in [0.15, 0.2) is 11.3 Å². The number of rotatable bonds is 4. The summed E-state index contributed by atoms with van der Waals surface area (Å²) < 4.78 is 8.69. The van der Waals surface area contributed by atoms with Crippen LogP contribution in [0.3, 0.4) is 0 Å². The van der Waals surface area contributed by atoms with E-state index in [9.17, 15) is 0 Å². The Morgan fingerprint density at radius 2 is 1.55 bits per heavy atom. The van der Waals surface area contributed by atoms with Crippen LogP contribution in [0, 0.1) is 0 Å². The molecule has 0 spiro atoms. The quantitative estimate of drug-likeness (QED) is 0.118. The van der Waals surface area contributed by atoms with Crippen LogP contribution < -0.4 is 15.2 Å². The van der Waals surface area contributed by atoms with Crippen molar-refractivity contribution in [2.75, 3.05) is 18.4 Å². The topological polar surface area (TPSA) is 41.1 Å². The number of halogens is 2. The van der Waals surface area contributed by atoms with Crippen LogP contribution in [0.5, 0.6) is 0 Å². The summed E-state index contributed by atoms with van der Waals surface area (Å²) >= 11 is -0.931. The Bertz CT molecular complexity index is 1410. The normalized spacial score (nSPS) is 10.5. The van der Waals surface area contributed by atoms with Crippen LogP contribution in [-0.4, -0.2) is 18.1 Å². The van der Waals surface area contributed by atoms with E-state index in [0.717, 1.165) is 63.1 Å². The summed E-state index contributed by atoms with van der Waals surface area (Å²) in [5, 5.41) is 6.89. The zero-order valence-corrected chi connectivity index (χ0v) is 23.2. The number of nitrogens with zero attached hydrogens (tertiary/aromatic N) is 2. The van der Waals surface area contributed by atoms with Gasteiger partial charge in [-0.3, -0.25) is 0 Å². The number of aromatic nitrogens is 1. The molecule has 5 rings (SSSR count). The minimum atomic E-state index is -0.931. The Hall–Kier alpha value is -2.46. The predicted molar refractivity (Wildman–Crippen MR) is 136 cm³/mol.